The second kappa shape index (κ2) is 7.97. The average Bonchev–Trinajstić information content (AvgIpc) is 2.74. The van der Waals surface area contributed by atoms with Gasteiger partial charge in [0.25, 0.3) is 11.5 Å². The molecule has 0 aliphatic heterocycles. The molecule has 3 aromatic rings. The van der Waals surface area contributed by atoms with Gasteiger partial charge in [0.15, 0.2) is 5.69 Å². The molecule has 1 aliphatic rings. The monoisotopic (exact) mass is 375 g/mol. The maximum atomic E-state index is 13.0. The lowest BCUT2D eigenvalue weighted by Crippen LogP contribution is -2.33. The van der Waals surface area contributed by atoms with Gasteiger partial charge >= 0.3 is 0 Å². The third kappa shape index (κ3) is 3.44. The molecule has 1 N–H and O–H groups in total. The van der Waals surface area contributed by atoms with E-state index in [0.29, 0.717) is 35.5 Å². The molecule has 1 atom stereocenters. The van der Waals surface area contributed by atoms with Gasteiger partial charge in [0.1, 0.15) is 0 Å². The molecule has 1 aromatic heterocycles. The summed E-state index contributed by atoms with van der Waals surface area (Å²) >= 11 is 0. The molecule has 1 amide bonds. The summed E-state index contributed by atoms with van der Waals surface area (Å²) in [6.45, 7) is 3.07. The summed E-state index contributed by atoms with van der Waals surface area (Å²) in [5, 5.41) is 8.62. The Hall–Kier alpha value is -2.95. The van der Waals surface area contributed by atoms with Crippen LogP contribution in [0.5, 0.6) is 0 Å². The van der Waals surface area contributed by atoms with E-state index in [9.17, 15) is 9.59 Å². The highest BCUT2D eigenvalue weighted by molar-refractivity contribution is 6.04. The Morgan fingerprint density at radius 1 is 1.14 bits per heavy atom. The van der Waals surface area contributed by atoms with Gasteiger partial charge in [-0.3, -0.25) is 9.59 Å². The lowest BCUT2D eigenvalue weighted by Gasteiger charge is -2.25. The summed E-state index contributed by atoms with van der Waals surface area (Å²) in [6.07, 6.45) is 4.10. The number of benzene rings is 2. The van der Waals surface area contributed by atoms with E-state index in [1.165, 1.54) is 15.8 Å². The first kappa shape index (κ1) is 18.4. The van der Waals surface area contributed by atoms with E-state index in [1.807, 2.05) is 19.1 Å². The van der Waals surface area contributed by atoms with Crippen LogP contribution < -0.4 is 10.9 Å². The summed E-state index contributed by atoms with van der Waals surface area (Å²) in [5.74, 6) is 0.103. The molecule has 0 spiro atoms. The van der Waals surface area contributed by atoms with Crippen molar-refractivity contribution < 1.29 is 4.79 Å². The van der Waals surface area contributed by atoms with Gasteiger partial charge in [-0.15, -0.1) is 0 Å². The zero-order valence-electron chi connectivity index (χ0n) is 16.1. The van der Waals surface area contributed by atoms with E-state index in [1.54, 1.807) is 12.1 Å². The predicted molar refractivity (Wildman–Crippen MR) is 111 cm³/mol. The number of aryl methyl sites for hydroxylation is 2. The van der Waals surface area contributed by atoms with E-state index in [4.69, 9.17) is 0 Å². The van der Waals surface area contributed by atoms with Crippen LogP contribution in [-0.2, 0) is 13.0 Å². The molecule has 5 heteroatoms. The first-order chi connectivity index (χ1) is 13.7. The first-order valence-corrected chi connectivity index (χ1v) is 10.0. The Morgan fingerprint density at radius 3 is 2.71 bits per heavy atom. The Kier molecular flexibility index (Phi) is 5.24. The van der Waals surface area contributed by atoms with Crippen LogP contribution in [0.25, 0.3) is 10.8 Å². The van der Waals surface area contributed by atoms with Crippen molar-refractivity contribution >= 4 is 16.7 Å². The van der Waals surface area contributed by atoms with Crippen LogP contribution in [0.3, 0.4) is 0 Å². The second-order valence-corrected chi connectivity index (χ2v) is 7.42. The molecular formula is C23H25N3O2. The molecule has 0 radical (unpaired) electrons. The van der Waals surface area contributed by atoms with Crippen molar-refractivity contribution in [3.05, 3.63) is 75.7 Å². The number of rotatable bonds is 5. The number of carbonyl (C=O) groups excluding carboxylic acids is 1. The van der Waals surface area contributed by atoms with Crippen molar-refractivity contribution in [3.8, 4) is 0 Å². The van der Waals surface area contributed by atoms with Crippen molar-refractivity contribution in [3.63, 3.8) is 0 Å². The van der Waals surface area contributed by atoms with Crippen molar-refractivity contribution in [1.82, 2.24) is 15.1 Å². The Labute approximate surface area is 164 Å². The molecule has 0 saturated heterocycles. The fourth-order valence-corrected chi connectivity index (χ4v) is 4.13. The molecule has 0 bridgehead atoms. The fraction of sp³-hybridized carbons (Fsp3) is 0.348. The quantitative estimate of drug-likeness (QED) is 0.740. The molecule has 1 heterocycles. The van der Waals surface area contributed by atoms with E-state index < -0.39 is 0 Å². The van der Waals surface area contributed by atoms with Crippen LogP contribution in [0.1, 0.15) is 53.7 Å². The normalized spacial score (nSPS) is 16.0. The number of nitrogens with one attached hydrogen (secondary N) is 1. The molecule has 2 aromatic carbocycles. The minimum Gasteiger partial charge on any atom is -0.350 e. The van der Waals surface area contributed by atoms with Gasteiger partial charge in [-0.05, 0) is 42.9 Å². The highest BCUT2D eigenvalue weighted by Crippen LogP contribution is 2.30. The molecule has 1 aliphatic carbocycles. The van der Waals surface area contributed by atoms with E-state index >= 15 is 0 Å². The van der Waals surface area contributed by atoms with Gasteiger partial charge in [-0.25, -0.2) is 4.68 Å². The fourth-order valence-electron chi connectivity index (χ4n) is 4.13. The van der Waals surface area contributed by atoms with Gasteiger partial charge in [0.05, 0.1) is 5.39 Å². The van der Waals surface area contributed by atoms with Gasteiger partial charge in [-0.1, -0.05) is 49.4 Å². The second-order valence-electron chi connectivity index (χ2n) is 7.42. The van der Waals surface area contributed by atoms with Crippen LogP contribution in [0.2, 0.25) is 0 Å². The van der Waals surface area contributed by atoms with Crippen molar-refractivity contribution in [2.45, 2.75) is 45.1 Å². The smallest absolute Gasteiger partial charge is 0.274 e. The Morgan fingerprint density at radius 2 is 1.89 bits per heavy atom. The molecule has 1 unspecified atom stereocenters. The predicted octanol–water partition coefficient (Wildman–Crippen LogP) is 3.66. The number of amides is 1. The van der Waals surface area contributed by atoms with Crippen molar-refractivity contribution in [2.75, 3.05) is 6.54 Å². The zero-order valence-corrected chi connectivity index (χ0v) is 16.1. The number of nitrogens with zero attached hydrogens (tertiary/aromatic N) is 2. The van der Waals surface area contributed by atoms with Crippen molar-refractivity contribution in [2.24, 2.45) is 0 Å². The average molecular weight is 375 g/mol. The number of fused-ring (bicyclic) bond motifs is 2. The third-order valence-corrected chi connectivity index (χ3v) is 5.52. The van der Waals surface area contributed by atoms with Gasteiger partial charge in [-0.2, -0.15) is 5.10 Å². The van der Waals surface area contributed by atoms with Gasteiger partial charge in [0, 0.05) is 24.4 Å². The summed E-state index contributed by atoms with van der Waals surface area (Å²) in [6, 6.07) is 15.7. The number of hydrogen-bond acceptors (Lipinski definition) is 3. The Bertz CT molecular complexity index is 1070. The van der Waals surface area contributed by atoms with Crippen LogP contribution in [-0.4, -0.2) is 22.2 Å². The van der Waals surface area contributed by atoms with E-state index in [-0.39, 0.29) is 11.5 Å². The molecule has 4 rings (SSSR count). The molecule has 5 nitrogen and oxygen atoms in total. The van der Waals surface area contributed by atoms with Crippen LogP contribution >= 0.6 is 0 Å². The maximum Gasteiger partial charge on any atom is 0.274 e. The zero-order chi connectivity index (χ0) is 19.5. The number of aromatic nitrogens is 2. The number of carbonyl (C=O) groups is 1. The van der Waals surface area contributed by atoms with Gasteiger partial charge in [0.2, 0.25) is 0 Å². The van der Waals surface area contributed by atoms with Crippen LogP contribution in [0, 0.1) is 0 Å². The summed E-state index contributed by atoms with van der Waals surface area (Å²) < 4.78 is 1.41. The summed E-state index contributed by atoms with van der Waals surface area (Å²) in [4.78, 5) is 25.6. The number of hydrogen-bond donors (Lipinski definition) is 1. The van der Waals surface area contributed by atoms with Gasteiger partial charge < -0.3 is 5.32 Å². The van der Waals surface area contributed by atoms with E-state index in [2.05, 4.69) is 34.7 Å². The van der Waals surface area contributed by atoms with Crippen LogP contribution in [0.4, 0.5) is 0 Å². The van der Waals surface area contributed by atoms with Crippen molar-refractivity contribution in [1.29, 1.82) is 0 Å². The van der Waals surface area contributed by atoms with Crippen LogP contribution in [0.15, 0.2) is 53.3 Å². The molecule has 28 heavy (non-hydrogen) atoms. The van der Waals surface area contributed by atoms with E-state index in [0.717, 1.165) is 25.7 Å². The topological polar surface area (TPSA) is 64.0 Å². The maximum absolute atomic E-state index is 13.0. The highest BCUT2D eigenvalue weighted by atomic mass is 16.2. The highest BCUT2D eigenvalue weighted by Gasteiger charge is 2.22. The minimum absolute atomic E-state index is 0.143. The lowest BCUT2D eigenvalue weighted by molar-refractivity contribution is 0.0944. The molecule has 0 saturated carbocycles. The summed E-state index contributed by atoms with van der Waals surface area (Å²) in [7, 11) is 0. The minimum atomic E-state index is -0.218. The molecular weight excluding hydrogens is 350 g/mol. The SMILES string of the molecule is CCCn1nc(C(=O)NCC2CCCc3ccccc32)c2ccccc2c1=O. The summed E-state index contributed by atoms with van der Waals surface area (Å²) in [5.41, 5.74) is 2.90. The standard InChI is InChI=1S/C23H25N3O2/c1-2-14-26-23(28)20-13-6-5-12-19(20)21(25-26)22(27)24-15-17-10-7-9-16-8-3-4-11-18(16)17/h3-6,8,11-13,17H,2,7,9-10,14-15H2,1H3,(H,24,27). The Balaban J connectivity index is 1.61. The largest absolute Gasteiger partial charge is 0.350 e. The lowest BCUT2D eigenvalue weighted by atomic mass is 9.83. The third-order valence-electron chi connectivity index (χ3n) is 5.52. The molecule has 144 valence electrons. The molecule has 0 fully saturated rings. The first-order valence-electron chi connectivity index (χ1n) is 10.0.